The molecule has 0 spiro atoms. The standard InChI is InChI=1S/C20H27F2N3O3S/c1-12(2)29(26,27)25-9-13-7-24(8-14(13)10-25)16-6-19(23)20(28-11-16)17-5-15(21)3-4-18(17)22/h3-5,12,16,19-20H,6-11,23H2,1-2H3/t16-,19+,20-/m1/s1. The Labute approximate surface area is 170 Å². The normalized spacial score (nSPS) is 29.1. The molecule has 0 saturated carbocycles. The molecule has 0 radical (unpaired) electrons. The number of benzene rings is 1. The molecule has 0 bridgehead atoms. The Morgan fingerprint density at radius 2 is 1.79 bits per heavy atom. The van der Waals surface area contributed by atoms with E-state index in [9.17, 15) is 17.2 Å². The molecule has 160 valence electrons. The highest BCUT2D eigenvalue weighted by molar-refractivity contribution is 7.89. The van der Waals surface area contributed by atoms with Crippen molar-refractivity contribution in [1.82, 2.24) is 9.21 Å². The van der Waals surface area contributed by atoms with E-state index >= 15 is 0 Å². The highest BCUT2D eigenvalue weighted by Crippen LogP contribution is 2.35. The zero-order chi connectivity index (χ0) is 20.9. The Kier molecular flexibility index (Phi) is 5.54. The first kappa shape index (κ1) is 20.9. The SMILES string of the molecule is CC(C)S(=O)(=O)N1CC2=C(CN([C@H]3CO[C@H](c4cc(F)ccc4F)[C@@H](N)C3)C2)C1. The van der Waals surface area contributed by atoms with E-state index in [-0.39, 0.29) is 11.6 Å². The summed E-state index contributed by atoms with van der Waals surface area (Å²) in [5.74, 6) is -1.03. The summed E-state index contributed by atoms with van der Waals surface area (Å²) in [7, 11) is -3.25. The average molecular weight is 428 g/mol. The molecule has 3 atom stereocenters. The summed E-state index contributed by atoms with van der Waals surface area (Å²) in [6, 6.07) is 2.95. The second kappa shape index (κ2) is 7.70. The molecule has 6 nitrogen and oxygen atoms in total. The lowest BCUT2D eigenvalue weighted by Gasteiger charge is -2.39. The zero-order valence-corrected chi connectivity index (χ0v) is 17.5. The Morgan fingerprint density at radius 1 is 1.14 bits per heavy atom. The molecule has 3 heterocycles. The van der Waals surface area contributed by atoms with Crippen LogP contribution in [0.15, 0.2) is 29.3 Å². The van der Waals surface area contributed by atoms with Crippen LogP contribution >= 0.6 is 0 Å². The van der Waals surface area contributed by atoms with Gasteiger partial charge in [-0.25, -0.2) is 17.2 Å². The Morgan fingerprint density at radius 3 is 2.38 bits per heavy atom. The van der Waals surface area contributed by atoms with E-state index in [0.29, 0.717) is 39.2 Å². The third-order valence-electron chi connectivity index (χ3n) is 6.16. The van der Waals surface area contributed by atoms with Gasteiger partial charge < -0.3 is 10.5 Å². The van der Waals surface area contributed by atoms with E-state index in [0.717, 1.165) is 29.3 Å². The van der Waals surface area contributed by atoms with Gasteiger partial charge in [0.05, 0.1) is 11.9 Å². The fourth-order valence-electron chi connectivity index (χ4n) is 4.46. The van der Waals surface area contributed by atoms with Crippen LogP contribution in [0.4, 0.5) is 8.78 Å². The maximum Gasteiger partial charge on any atom is 0.217 e. The van der Waals surface area contributed by atoms with E-state index in [1.807, 2.05) is 0 Å². The summed E-state index contributed by atoms with van der Waals surface area (Å²) in [6.45, 7) is 6.06. The number of ether oxygens (including phenoxy) is 1. The van der Waals surface area contributed by atoms with Crippen molar-refractivity contribution in [2.24, 2.45) is 5.73 Å². The first-order valence-electron chi connectivity index (χ1n) is 9.91. The van der Waals surface area contributed by atoms with Crippen LogP contribution in [0.2, 0.25) is 0 Å². The summed E-state index contributed by atoms with van der Waals surface area (Å²) in [4.78, 5) is 2.25. The second-order valence-electron chi connectivity index (χ2n) is 8.45. The lowest BCUT2D eigenvalue weighted by Crippen LogP contribution is -2.49. The van der Waals surface area contributed by atoms with Gasteiger partial charge in [0.15, 0.2) is 0 Å². The lowest BCUT2D eigenvalue weighted by molar-refractivity contribution is -0.0467. The molecular formula is C20H27F2N3O3S. The molecule has 3 aliphatic heterocycles. The zero-order valence-electron chi connectivity index (χ0n) is 16.6. The monoisotopic (exact) mass is 427 g/mol. The first-order chi connectivity index (χ1) is 13.7. The molecular weight excluding hydrogens is 400 g/mol. The Balaban J connectivity index is 1.37. The lowest BCUT2D eigenvalue weighted by atomic mass is 9.93. The van der Waals surface area contributed by atoms with Gasteiger partial charge in [-0.3, -0.25) is 4.90 Å². The van der Waals surface area contributed by atoms with Crippen molar-refractivity contribution in [3.8, 4) is 0 Å². The van der Waals surface area contributed by atoms with E-state index in [1.165, 1.54) is 0 Å². The summed E-state index contributed by atoms with van der Waals surface area (Å²) in [5, 5.41) is -0.427. The van der Waals surface area contributed by atoms with Crippen LogP contribution in [0.1, 0.15) is 31.9 Å². The van der Waals surface area contributed by atoms with Gasteiger partial charge in [-0.2, -0.15) is 4.31 Å². The second-order valence-corrected chi connectivity index (χ2v) is 10.9. The van der Waals surface area contributed by atoms with Crippen LogP contribution in [0, 0.1) is 11.6 Å². The van der Waals surface area contributed by atoms with Crippen molar-refractivity contribution in [3.63, 3.8) is 0 Å². The van der Waals surface area contributed by atoms with E-state index < -0.39 is 39.1 Å². The number of hydrogen-bond donors (Lipinski definition) is 1. The molecule has 0 amide bonds. The molecule has 1 fully saturated rings. The summed E-state index contributed by atoms with van der Waals surface area (Å²) >= 11 is 0. The van der Waals surface area contributed by atoms with Crippen LogP contribution in [-0.4, -0.2) is 67.7 Å². The topological polar surface area (TPSA) is 75.9 Å². The van der Waals surface area contributed by atoms with Crippen molar-refractivity contribution in [2.75, 3.05) is 32.8 Å². The molecule has 1 aromatic carbocycles. The smallest absolute Gasteiger partial charge is 0.217 e. The number of hydrogen-bond acceptors (Lipinski definition) is 5. The number of halogens is 2. The molecule has 1 saturated heterocycles. The number of nitrogens with two attached hydrogens (primary N) is 1. The average Bonchev–Trinajstić information content (AvgIpc) is 3.23. The molecule has 3 aliphatic rings. The van der Waals surface area contributed by atoms with Crippen molar-refractivity contribution in [3.05, 3.63) is 46.5 Å². The molecule has 9 heteroatoms. The summed E-state index contributed by atoms with van der Waals surface area (Å²) in [6.07, 6.45) is -0.0640. The van der Waals surface area contributed by atoms with Crippen molar-refractivity contribution < 1.29 is 21.9 Å². The Bertz CT molecular complexity index is 917. The predicted octanol–water partition coefficient (Wildman–Crippen LogP) is 1.79. The minimum Gasteiger partial charge on any atom is -0.370 e. The number of rotatable bonds is 4. The minimum absolute atomic E-state index is 0.0682. The third kappa shape index (κ3) is 3.86. The quantitative estimate of drug-likeness (QED) is 0.742. The van der Waals surface area contributed by atoms with E-state index in [2.05, 4.69) is 4.90 Å². The molecule has 4 rings (SSSR count). The Hall–Kier alpha value is -1.39. The van der Waals surface area contributed by atoms with Gasteiger partial charge >= 0.3 is 0 Å². The van der Waals surface area contributed by atoms with Crippen molar-refractivity contribution in [2.45, 2.75) is 43.7 Å². The third-order valence-corrected chi connectivity index (χ3v) is 8.33. The van der Waals surface area contributed by atoms with Crippen molar-refractivity contribution in [1.29, 1.82) is 0 Å². The van der Waals surface area contributed by atoms with Gasteiger partial charge in [0.25, 0.3) is 0 Å². The van der Waals surface area contributed by atoms with Gasteiger partial charge in [-0.15, -0.1) is 0 Å². The van der Waals surface area contributed by atoms with Gasteiger partial charge in [0.2, 0.25) is 10.0 Å². The van der Waals surface area contributed by atoms with Gasteiger partial charge in [0, 0.05) is 43.8 Å². The highest BCUT2D eigenvalue weighted by Gasteiger charge is 2.41. The molecule has 0 unspecified atom stereocenters. The minimum atomic E-state index is -3.25. The molecule has 0 aromatic heterocycles. The highest BCUT2D eigenvalue weighted by atomic mass is 32.2. The van der Waals surface area contributed by atoms with Crippen LogP contribution in [-0.2, 0) is 14.8 Å². The fourth-order valence-corrected chi connectivity index (χ4v) is 5.73. The maximum atomic E-state index is 14.1. The van der Waals surface area contributed by atoms with Crippen LogP contribution < -0.4 is 5.73 Å². The van der Waals surface area contributed by atoms with E-state index in [4.69, 9.17) is 10.5 Å². The summed E-state index contributed by atoms with van der Waals surface area (Å²) in [5.41, 5.74) is 8.74. The maximum absolute atomic E-state index is 14.1. The van der Waals surface area contributed by atoms with Gasteiger partial charge in [-0.05, 0) is 49.6 Å². The van der Waals surface area contributed by atoms with Crippen LogP contribution in [0.5, 0.6) is 0 Å². The molecule has 0 aliphatic carbocycles. The predicted molar refractivity (Wildman–Crippen MR) is 106 cm³/mol. The molecule has 1 aromatic rings. The fraction of sp³-hybridized carbons (Fsp3) is 0.600. The first-order valence-corrected chi connectivity index (χ1v) is 11.4. The van der Waals surface area contributed by atoms with Crippen LogP contribution in [0.25, 0.3) is 0 Å². The molecule has 29 heavy (non-hydrogen) atoms. The summed E-state index contributed by atoms with van der Waals surface area (Å²) < 4.78 is 59.9. The van der Waals surface area contributed by atoms with Gasteiger partial charge in [-0.1, -0.05) is 0 Å². The van der Waals surface area contributed by atoms with Gasteiger partial charge in [0.1, 0.15) is 17.7 Å². The number of sulfonamides is 1. The van der Waals surface area contributed by atoms with Crippen molar-refractivity contribution >= 4 is 10.0 Å². The van der Waals surface area contributed by atoms with Crippen LogP contribution in [0.3, 0.4) is 0 Å². The number of nitrogens with zero attached hydrogens (tertiary/aromatic N) is 2. The molecule has 2 N–H and O–H groups in total. The van der Waals surface area contributed by atoms with E-state index in [1.54, 1.807) is 18.2 Å². The largest absolute Gasteiger partial charge is 0.370 e.